The molecular formula is C12H15N3O. The Labute approximate surface area is 95.1 Å². The Kier molecular flexibility index (Phi) is 4.27. The molecule has 0 bridgehead atoms. The summed E-state index contributed by atoms with van der Waals surface area (Å²) >= 11 is 0. The van der Waals surface area contributed by atoms with Crippen LogP contribution in [0.25, 0.3) is 5.57 Å². The molecule has 0 fully saturated rings. The number of hydrogen-bond donors (Lipinski definition) is 2. The molecule has 4 heteroatoms. The molecule has 0 unspecified atom stereocenters. The molecule has 0 radical (unpaired) electrons. The van der Waals surface area contributed by atoms with Crippen LogP contribution in [0.4, 0.5) is 5.69 Å². The number of nitrogens with zero attached hydrogens (tertiary/aromatic N) is 2. The molecule has 0 saturated carbocycles. The molecule has 0 aliphatic heterocycles. The molecule has 1 aromatic carbocycles. The number of allylic oxidation sites excluding steroid dienone is 1. The van der Waals surface area contributed by atoms with Crippen LogP contribution in [0.3, 0.4) is 0 Å². The van der Waals surface area contributed by atoms with Crippen molar-refractivity contribution < 1.29 is 5.11 Å². The first-order chi connectivity index (χ1) is 7.72. The fourth-order valence-electron chi connectivity index (χ4n) is 1.29. The van der Waals surface area contributed by atoms with Gasteiger partial charge in [-0.25, -0.2) is 4.99 Å². The van der Waals surface area contributed by atoms with E-state index in [9.17, 15) is 0 Å². The van der Waals surface area contributed by atoms with E-state index in [2.05, 4.69) is 22.0 Å². The quantitative estimate of drug-likeness (QED) is 0.454. The predicted molar refractivity (Wildman–Crippen MR) is 69.3 cm³/mol. The second kappa shape index (κ2) is 5.70. The lowest BCUT2D eigenvalue weighted by Gasteiger charge is -2.10. The third kappa shape index (κ3) is 2.70. The Morgan fingerprint density at radius 3 is 2.69 bits per heavy atom. The zero-order valence-corrected chi connectivity index (χ0v) is 9.44. The molecule has 1 rings (SSSR count). The van der Waals surface area contributed by atoms with Crippen LogP contribution in [0.5, 0.6) is 0 Å². The summed E-state index contributed by atoms with van der Waals surface area (Å²) in [4.78, 5) is 7.66. The lowest BCUT2D eigenvalue weighted by atomic mass is 10.1. The van der Waals surface area contributed by atoms with E-state index in [1.807, 2.05) is 31.2 Å². The minimum atomic E-state index is 0.443. The minimum absolute atomic E-state index is 0.443. The number of benzene rings is 1. The van der Waals surface area contributed by atoms with Crippen molar-refractivity contribution in [2.45, 2.75) is 6.92 Å². The van der Waals surface area contributed by atoms with Crippen molar-refractivity contribution in [3.05, 3.63) is 36.1 Å². The van der Waals surface area contributed by atoms with E-state index in [1.54, 1.807) is 7.05 Å². The molecule has 2 N–H and O–H groups in total. The topological polar surface area (TPSA) is 57.0 Å². The van der Waals surface area contributed by atoms with Gasteiger partial charge >= 0.3 is 0 Å². The third-order valence-electron chi connectivity index (χ3n) is 2.15. The summed E-state index contributed by atoms with van der Waals surface area (Å²) in [6, 6.07) is 7.59. The van der Waals surface area contributed by atoms with Gasteiger partial charge in [0.25, 0.3) is 0 Å². The molecule has 0 saturated heterocycles. The Morgan fingerprint density at radius 2 is 2.12 bits per heavy atom. The first kappa shape index (κ1) is 12.0. The van der Waals surface area contributed by atoms with Gasteiger partial charge in [0, 0.05) is 18.3 Å². The second-order valence-corrected chi connectivity index (χ2v) is 3.19. The molecule has 0 aromatic heterocycles. The van der Waals surface area contributed by atoms with Crippen molar-refractivity contribution >= 4 is 23.9 Å². The van der Waals surface area contributed by atoms with Crippen LogP contribution < -0.4 is 5.32 Å². The lowest BCUT2D eigenvalue weighted by Crippen LogP contribution is -2.09. The van der Waals surface area contributed by atoms with Gasteiger partial charge in [0.15, 0.2) is 0 Å². The standard InChI is InChI=1S/C12H15N3O/c1-9(8-16)10-6-4-5-7-11(10)15-12(13-2)14-3/h4-8,16H,2H2,1,3H3,(H,14,15). The van der Waals surface area contributed by atoms with Gasteiger partial charge in [0.1, 0.15) is 0 Å². The first-order valence-electron chi connectivity index (χ1n) is 4.83. The number of aliphatic hydroxyl groups is 1. The molecule has 4 nitrogen and oxygen atoms in total. The molecule has 0 amide bonds. The zero-order chi connectivity index (χ0) is 12.0. The maximum Gasteiger partial charge on any atom is 0.221 e. The summed E-state index contributed by atoms with van der Waals surface area (Å²) in [5, 5.41) is 12.0. The molecule has 0 atom stereocenters. The average molecular weight is 217 g/mol. The number of aliphatic imine (C=N–C) groups is 2. The molecule has 1 aromatic rings. The summed E-state index contributed by atoms with van der Waals surface area (Å²) in [5.41, 5.74) is 2.50. The SMILES string of the molecule is C=NC(=NC)Nc1ccccc1C(C)=CO. The van der Waals surface area contributed by atoms with Gasteiger partial charge in [0.2, 0.25) is 5.96 Å². The fraction of sp³-hybridized carbons (Fsp3) is 0.167. The van der Waals surface area contributed by atoms with Crippen LogP contribution in [0.2, 0.25) is 0 Å². The summed E-state index contributed by atoms with van der Waals surface area (Å²) in [6.45, 7) is 5.24. The lowest BCUT2D eigenvalue weighted by molar-refractivity contribution is 0.475. The van der Waals surface area contributed by atoms with Gasteiger partial charge in [0.05, 0.1) is 6.26 Å². The van der Waals surface area contributed by atoms with Crippen molar-refractivity contribution in [1.29, 1.82) is 0 Å². The van der Waals surface area contributed by atoms with Crippen LogP contribution in [0, 0.1) is 0 Å². The summed E-state index contributed by atoms with van der Waals surface area (Å²) in [5.74, 6) is 0.443. The zero-order valence-electron chi connectivity index (χ0n) is 9.44. The molecule has 16 heavy (non-hydrogen) atoms. The largest absolute Gasteiger partial charge is 0.515 e. The van der Waals surface area contributed by atoms with Gasteiger partial charge in [-0.3, -0.25) is 4.99 Å². The average Bonchev–Trinajstić information content (AvgIpc) is 2.35. The Morgan fingerprint density at radius 1 is 1.44 bits per heavy atom. The van der Waals surface area contributed by atoms with E-state index in [-0.39, 0.29) is 0 Å². The molecular weight excluding hydrogens is 202 g/mol. The smallest absolute Gasteiger partial charge is 0.221 e. The van der Waals surface area contributed by atoms with Crippen LogP contribution in [0.15, 0.2) is 40.5 Å². The van der Waals surface area contributed by atoms with E-state index in [4.69, 9.17) is 5.11 Å². The molecule has 0 heterocycles. The van der Waals surface area contributed by atoms with Crippen LogP contribution in [-0.2, 0) is 0 Å². The maximum atomic E-state index is 9.01. The maximum absolute atomic E-state index is 9.01. The number of guanidine groups is 1. The number of rotatable bonds is 2. The highest BCUT2D eigenvalue weighted by atomic mass is 16.2. The Hall–Kier alpha value is -2.10. The van der Waals surface area contributed by atoms with Gasteiger partial charge < -0.3 is 10.4 Å². The van der Waals surface area contributed by atoms with Crippen LogP contribution in [-0.4, -0.2) is 24.8 Å². The normalized spacial score (nSPS) is 12.4. The first-order valence-corrected chi connectivity index (χ1v) is 4.83. The Balaban J connectivity index is 3.09. The van der Waals surface area contributed by atoms with Crippen LogP contribution in [0.1, 0.15) is 12.5 Å². The minimum Gasteiger partial charge on any atom is -0.515 e. The van der Waals surface area contributed by atoms with Crippen LogP contribution >= 0.6 is 0 Å². The van der Waals surface area contributed by atoms with Gasteiger partial charge in [-0.15, -0.1) is 0 Å². The fourth-order valence-corrected chi connectivity index (χ4v) is 1.29. The van der Waals surface area contributed by atoms with Crippen molar-refractivity contribution in [1.82, 2.24) is 0 Å². The summed E-state index contributed by atoms with van der Waals surface area (Å²) in [7, 11) is 1.63. The number of aliphatic hydroxyl groups excluding tert-OH is 1. The van der Waals surface area contributed by atoms with E-state index < -0.39 is 0 Å². The molecule has 0 aliphatic rings. The van der Waals surface area contributed by atoms with Crippen molar-refractivity contribution in [3.63, 3.8) is 0 Å². The van der Waals surface area contributed by atoms with Crippen molar-refractivity contribution in [2.75, 3.05) is 12.4 Å². The van der Waals surface area contributed by atoms with E-state index in [0.717, 1.165) is 23.1 Å². The second-order valence-electron chi connectivity index (χ2n) is 3.19. The number of nitrogens with one attached hydrogen (secondary N) is 1. The van der Waals surface area contributed by atoms with E-state index in [0.29, 0.717) is 5.96 Å². The summed E-state index contributed by atoms with van der Waals surface area (Å²) in [6.07, 6.45) is 1.07. The Bertz CT molecular complexity index is 436. The van der Waals surface area contributed by atoms with Crippen molar-refractivity contribution in [2.24, 2.45) is 9.98 Å². The van der Waals surface area contributed by atoms with Crippen molar-refractivity contribution in [3.8, 4) is 0 Å². The molecule has 84 valence electrons. The summed E-state index contributed by atoms with van der Waals surface area (Å²) < 4.78 is 0. The molecule has 0 aliphatic carbocycles. The van der Waals surface area contributed by atoms with Gasteiger partial charge in [-0.2, -0.15) is 0 Å². The predicted octanol–water partition coefficient (Wildman–Crippen LogP) is 2.70. The van der Waals surface area contributed by atoms with E-state index >= 15 is 0 Å². The van der Waals surface area contributed by atoms with Gasteiger partial charge in [-0.05, 0) is 25.3 Å². The highest BCUT2D eigenvalue weighted by molar-refractivity contribution is 5.98. The third-order valence-corrected chi connectivity index (χ3v) is 2.15. The monoisotopic (exact) mass is 217 g/mol. The number of anilines is 1. The number of para-hydroxylation sites is 1. The van der Waals surface area contributed by atoms with Gasteiger partial charge in [-0.1, -0.05) is 18.2 Å². The molecule has 0 spiro atoms. The van der Waals surface area contributed by atoms with E-state index in [1.165, 1.54) is 0 Å². The number of hydrogen-bond acceptors (Lipinski definition) is 2. The highest BCUT2D eigenvalue weighted by Crippen LogP contribution is 2.22. The highest BCUT2D eigenvalue weighted by Gasteiger charge is 2.04.